The van der Waals surface area contributed by atoms with Crippen LogP contribution in [0.4, 0.5) is 0 Å². The van der Waals surface area contributed by atoms with E-state index in [-0.39, 0.29) is 19.8 Å². The summed E-state index contributed by atoms with van der Waals surface area (Å²) in [4.78, 5) is 0. The van der Waals surface area contributed by atoms with Crippen LogP contribution < -0.4 is 4.74 Å². The number of hydrogen-bond acceptors (Lipinski definition) is 6. The smallest absolute Gasteiger partial charge is 0.118 e. The molecule has 35 heavy (non-hydrogen) atoms. The van der Waals surface area contributed by atoms with Crippen LogP contribution in [0.15, 0.2) is 97.6 Å². The lowest BCUT2D eigenvalue weighted by Crippen LogP contribution is -2.48. The van der Waals surface area contributed by atoms with E-state index in [1.165, 1.54) is 0 Å². The maximum absolute atomic E-state index is 11.3. The van der Waals surface area contributed by atoms with Gasteiger partial charge in [0.25, 0.3) is 0 Å². The van der Waals surface area contributed by atoms with Crippen molar-refractivity contribution in [2.45, 2.75) is 44.2 Å². The van der Waals surface area contributed by atoms with Crippen molar-refractivity contribution >= 4 is 0 Å². The van der Waals surface area contributed by atoms with Crippen molar-refractivity contribution < 1.29 is 29.2 Å². The molecule has 3 rings (SSSR count). The molecule has 2 N–H and O–H groups in total. The summed E-state index contributed by atoms with van der Waals surface area (Å²) in [6.07, 6.45) is -1.96. The first kappa shape index (κ1) is 26.6. The van der Waals surface area contributed by atoms with E-state index in [4.69, 9.17) is 18.9 Å². The number of ether oxygens (including phenoxy) is 4. The molecule has 0 aliphatic carbocycles. The van der Waals surface area contributed by atoms with Gasteiger partial charge in [-0.3, -0.25) is 0 Å². The average molecular weight is 479 g/mol. The highest BCUT2D eigenvalue weighted by Crippen LogP contribution is 2.20. The summed E-state index contributed by atoms with van der Waals surface area (Å²) in [5.41, 5.74) is 2.82. The molecule has 6 nitrogen and oxygen atoms in total. The Balaban J connectivity index is 1.71. The van der Waals surface area contributed by atoms with Crippen molar-refractivity contribution in [3.05, 3.63) is 114 Å². The lowest BCUT2D eigenvalue weighted by atomic mass is 10.0. The molecule has 0 spiro atoms. The van der Waals surface area contributed by atoms with Crippen LogP contribution in [0.2, 0.25) is 0 Å². The highest BCUT2D eigenvalue weighted by atomic mass is 16.6. The third kappa shape index (κ3) is 8.31. The largest absolute Gasteiger partial charge is 0.497 e. The molecule has 4 atom stereocenters. The molecule has 0 amide bonds. The Kier molecular flexibility index (Phi) is 11.0. The quantitative estimate of drug-likeness (QED) is 0.317. The minimum atomic E-state index is -1.12. The molecule has 0 radical (unpaired) electrons. The third-order valence-corrected chi connectivity index (χ3v) is 5.65. The lowest BCUT2D eigenvalue weighted by Gasteiger charge is -2.33. The number of aliphatic hydroxyl groups is 2. The van der Waals surface area contributed by atoms with Crippen LogP contribution in [0, 0.1) is 0 Å². The first-order valence-electron chi connectivity index (χ1n) is 11.6. The maximum Gasteiger partial charge on any atom is 0.118 e. The van der Waals surface area contributed by atoms with E-state index in [1.807, 2.05) is 84.9 Å². The zero-order valence-electron chi connectivity index (χ0n) is 20.0. The normalized spacial score (nSPS) is 14.6. The molecule has 0 fully saturated rings. The molecule has 0 saturated heterocycles. The molecule has 0 aliphatic heterocycles. The van der Waals surface area contributed by atoms with Gasteiger partial charge in [-0.2, -0.15) is 0 Å². The Hall–Kier alpha value is -3.00. The molecule has 3 aromatic rings. The van der Waals surface area contributed by atoms with Gasteiger partial charge in [-0.05, 0) is 28.8 Å². The predicted octanol–water partition coefficient (Wildman–Crippen LogP) is 4.29. The Bertz CT molecular complexity index is 977. The van der Waals surface area contributed by atoms with Gasteiger partial charge in [0.1, 0.15) is 30.2 Å². The highest BCUT2D eigenvalue weighted by Gasteiger charge is 2.34. The summed E-state index contributed by atoms with van der Waals surface area (Å²) in [6, 6.07) is 26.8. The van der Waals surface area contributed by atoms with Crippen molar-refractivity contribution in [1.29, 1.82) is 0 Å². The summed E-state index contributed by atoms with van der Waals surface area (Å²) in [6.45, 7) is 4.27. The van der Waals surface area contributed by atoms with Crippen LogP contribution in [-0.2, 0) is 34.0 Å². The van der Waals surface area contributed by atoms with Gasteiger partial charge in [-0.25, -0.2) is 0 Å². The van der Waals surface area contributed by atoms with Gasteiger partial charge < -0.3 is 29.2 Å². The van der Waals surface area contributed by atoms with Gasteiger partial charge in [-0.15, -0.1) is 6.58 Å². The Morgan fingerprint density at radius 1 is 0.743 bits per heavy atom. The van der Waals surface area contributed by atoms with Crippen LogP contribution in [0.25, 0.3) is 0 Å². The molecule has 6 heteroatoms. The van der Waals surface area contributed by atoms with Crippen molar-refractivity contribution in [3.8, 4) is 5.75 Å². The number of aliphatic hydroxyl groups excluding tert-OH is 2. The van der Waals surface area contributed by atoms with Crippen LogP contribution in [0.5, 0.6) is 5.75 Å². The van der Waals surface area contributed by atoms with Crippen molar-refractivity contribution in [1.82, 2.24) is 0 Å². The first-order valence-corrected chi connectivity index (χ1v) is 11.6. The fourth-order valence-corrected chi connectivity index (χ4v) is 3.63. The topological polar surface area (TPSA) is 77.4 Å². The summed E-state index contributed by atoms with van der Waals surface area (Å²) in [5.74, 6) is 0.747. The van der Waals surface area contributed by atoms with E-state index in [2.05, 4.69) is 6.58 Å². The first-order chi connectivity index (χ1) is 17.1. The van der Waals surface area contributed by atoms with Gasteiger partial charge in [-0.1, -0.05) is 78.9 Å². The minimum absolute atomic E-state index is 0.233. The second-order valence-corrected chi connectivity index (χ2v) is 8.13. The predicted molar refractivity (Wildman–Crippen MR) is 135 cm³/mol. The standard InChI is InChI=1S/C29H34O6/c1-3-26(33-19-22-10-6-4-7-11-22)28(31)29(35-21-23-12-8-5-9-13-23)27(18-30)34-20-24-14-16-25(32-2)17-15-24/h3-17,26-31H,1,18-21H2,2H3. The second kappa shape index (κ2) is 14.4. The zero-order chi connectivity index (χ0) is 24.9. The molecule has 3 aromatic carbocycles. The van der Waals surface area contributed by atoms with E-state index in [1.54, 1.807) is 13.2 Å². The van der Waals surface area contributed by atoms with Gasteiger partial charge >= 0.3 is 0 Å². The van der Waals surface area contributed by atoms with E-state index >= 15 is 0 Å². The van der Waals surface area contributed by atoms with E-state index in [0.29, 0.717) is 6.61 Å². The van der Waals surface area contributed by atoms with Crippen LogP contribution in [0.1, 0.15) is 16.7 Å². The second-order valence-electron chi connectivity index (χ2n) is 8.13. The Morgan fingerprint density at radius 3 is 1.77 bits per heavy atom. The lowest BCUT2D eigenvalue weighted by molar-refractivity contribution is -0.169. The van der Waals surface area contributed by atoms with Crippen LogP contribution >= 0.6 is 0 Å². The van der Waals surface area contributed by atoms with E-state index < -0.39 is 24.4 Å². The minimum Gasteiger partial charge on any atom is -0.497 e. The van der Waals surface area contributed by atoms with E-state index in [0.717, 1.165) is 22.4 Å². The molecule has 0 aliphatic rings. The highest BCUT2D eigenvalue weighted by molar-refractivity contribution is 5.26. The van der Waals surface area contributed by atoms with Gasteiger partial charge in [0.15, 0.2) is 0 Å². The van der Waals surface area contributed by atoms with Crippen molar-refractivity contribution in [2.75, 3.05) is 13.7 Å². The molecule has 0 saturated carbocycles. The SMILES string of the molecule is C=CC(OCc1ccccc1)C(O)C(OCc1ccccc1)C(CO)OCc1ccc(OC)cc1. The summed E-state index contributed by atoms with van der Waals surface area (Å²) in [5, 5.41) is 21.4. The molecule has 0 aromatic heterocycles. The van der Waals surface area contributed by atoms with Crippen molar-refractivity contribution in [2.24, 2.45) is 0 Å². The molecular formula is C29H34O6. The number of rotatable bonds is 15. The molecule has 4 unspecified atom stereocenters. The molecular weight excluding hydrogens is 444 g/mol. The van der Waals surface area contributed by atoms with E-state index in [9.17, 15) is 10.2 Å². The van der Waals surface area contributed by atoms with Crippen LogP contribution in [-0.4, -0.2) is 48.3 Å². The Labute approximate surface area is 207 Å². The van der Waals surface area contributed by atoms with Crippen molar-refractivity contribution in [3.63, 3.8) is 0 Å². The number of methoxy groups -OCH3 is 1. The monoisotopic (exact) mass is 478 g/mol. The molecule has 0 bridgehead atoms. The van der Waals surface area contributed by atoms with Crippen LogP contribution in [0.3, 0.4) is 0 Å². The van der Waals surface area contributed by atoms with Gasteiger partial charge in [0, 0.05) is 0 Å². The summed E-state index contributed by atoms with van der Waals surface area (Å²) in [7, 11) is 1.61. The molecule has 186 valence electrons. The zero-order valence-corrected chi connectivity index (χ0v) is 20.0. The van der Waals surface area contributed by atoms with Gasteiger partial charge in [0.05, 0.1) is 33.5 Å². The fraction of sp³-hybridized carbons (Fsp3) is 0.310. The summed E-state index contributed by atoms with van der Waals surface area (Å²) >= 11 is 0. The summed E-state index contributed by atoms with van der Waals surface area (Å²) < 4.78 is 23.3. The Morgan fingerprint density at radius 2 is 1.26 bits per heavy atom. The van der Waals surface area contributed by atoms with Gasteiger partial charge in [0.2, 0.25) is 0 Å². The molecule has 0 heterocycles. The number of hydrogen-bond donors (Lipinski definition) is 2. The maximum atomic E-state index is 11.3. The average Bonchev–Trinajstić information content (AvgIpc) is 2.92. The number of benzene rings is 3. The third-order valence-electron chi connectivity index (χ3n) is 5.65. The fourth-order valence-electron chi connectivity index (χ4n) is 3.63.